The number of aromatic amines is 1. The number of hydrogen-bond acceptors (Lipinski definition) is 6. The molecule has 0 spiro atoms. The third kappa shape index (κ3) is 4.11. The molecule has 1 fully saturated rings. The van der Waals surface area contributed by atoms with E-state index in [9.17, 15) is 14.4 Å². The van der Waals surface area contributed by atoms with Gasteiger partial charge in [0, 0.05) is 25.5 Å². The number of anilines is 1. The predicted molar refractivity (Wildman–Crippen MR) is 113 cm³/mol. The van der Waals surface area contributed by atoms with Crippen LogP contribution in [0.5, 0.6) is 11.5 Å². The number of nitrogens with two attached hydrogens (primary N) is 1. The van der Waals surface area contributed by atoms with Crippen molar-refractivity contribution in [3.05, 3.63) is 50.2 Å². The van der Waals surface area contributed by atoms with Crippen molar-refractivity contribution in [2.24, 2.45) is 0 Å². The number of quaternary nitrogens is 1. The first-order valence-electron chi connectivity index (χ1n) is 10.1. The number of carbonyl (C=O) groups is 1. The van der Waals surface area contributed by atoms with Gasteiger partial charge in [-0.3, -0.25) is 19.1 Å². The minimum atomic E-state index is -0.730. The maximum atomic E-state index is 13.1. The van der Waals surface area contributed by atoms with Crippen LogP contribution in [0.1, 0.15) is 48.1 Å². The fraction of sp³-hybridized carbons (Fsp3) is 0.476. The molecule has 2 atom stereocenters. The summed E-state index contributed by atoms with van der Waals surface area (Å²) < 4.78 is 12.1. The molecule has 162 valence electrons. The zero-order chi connectivity index (χ0) is 21.8. The van der Waals surface area contributed by atoms with Crippen molar-refractivity contribution in [2.75, 3.05) is 33.0 Å². The Morgan fingerprint density at radius 1 is 1.30 bits per heavy atom. The summed E-state index contributed by atoms with van der Waals surface area (Å²) in [7, 11) is 3.20. The van der Waals surface area contributed by atoms with Crippen LogP contribution in [-0.4, -0.2) is 42.6 Å². The number of rotatable bonds is 8. The average molecular weight is 417 g/mol. The summed E-state index contributed by atoms with van der Waals surface area (Å²) in [5.74, 6) is 0.976. The summed E-state index contributed by atoms with van der Waals surface area (Å²) in [6.07, 6.45) is 2.50. The number of nitrogen functional groups attached to an aromatic ring is 1. The standard InChI is InChI=1S/C21H28N4O5/c1-4-9-25-19(22)18(20(27)23-21(25)28)16(26)12-24-10-5-6-15(24)14-8-7-13(29-2)11-17(14)30-3/h7-8,11,15H,4-6,9-10,12,22H2,1-3H3,(H,23,27,28)/p+1/t15-/m1/s1. The molecular formula is C21H29N4O5+. The lowest BCUT2D eigenvalue weighted by Gasteiger charge is -2.23. The van der Waals surface area contributed by atoms with Gasteiger partial charge in [-0.15, -0.1) is 0 Å². The Morgan fingerprint density at radius 3 is 2.73 bits per heavy atom. The highest BCUT2D eigenvalue weighted by atomic mass is 16.5. The summed E-state index contributed by atoms with van der Waals surface area (Å²) in [5.41, 5.74) is 5.59. The first-order chi connectivity index (χ1) is 14.4. The molecule has 2 aromatic rings. The van der Waals surface area contributed by atoms with Crippen LogP contribution in [0.15, 0.2) is 27.8 Å². The molecule has 0 bridgehead atoms. The van der Waals surface area contributed by atoms with Crippen LogP contribution in [0.2, 0.25) is 0 Å². The quantitative estimate of drug-likeness (QED) is 0.526. The van der Waals surface area contributed by atoms with E-state index < -0.39 is 11.2 Å². The van der Waals surface area contributed by atoms with E-state index >= 15 is 0 Å². The van der Waals surface area contributed by atoms with E-state index in [4.69, 9.17) is 15.2 Å². The van der Waals surface area contributed by atoms with Gasteiger partial charge >= 0.3 is 5.69 Å². The Kier molecular flexibility index (Phi) is 6.61. The number of Topliss-reactive ketones (excluding diaryl/α,β-unsaturated/α-hetero) is 1. The van der Waals surface area contributed by atoms with E-state index in [1.165, 1.54) is 4.57 Å². The predicted octanol–water partition coefficient (Wildman–Crippen LogP) is 0.149. The lowest BCUT2D eigenvalue weighted by molar-refractivity contribution is -0.910. The van der Waals surface area contributed by atoms with Gasteiger partial charge in [-0.2, -0.15) is 0 Å². The van der Waals surface area contributed by atoms with Crippen molar-refractivity contribution >= 4 is 11.6 Å². The van der Waals surface area contributed by atoms with Crippen LogP contribution in [0, 0.1) is 0 Å². The molecule has 9 nitrogen and oxygen atoms in total. The number of nitrogens with zero attached hydrogens (tertiary/aromatic N) is 1. The largest absolute Gasteiger partial charge is 0.497 e. The molecule has 1 unspecified atom stereocenters. The van der Waals surface area contributed by atoms with Crippen molar-refractivity contribution in [2.45, 2.75) is 38.8 Å². The lowest BCUT2D eigenvalue weighted by atomic mass is 10.0. The molecule has 1 saturated heterocycles. The number of benzene rings is 1. The van der Waals surface area contributed by atoms with Gasteiger partial charge in [-0.05, 0) is 18.6 Å². The zero-order valence-corrected chi connectivity index (χ0v) is 17.6. The van der Waals surface area contributed by atoms with Crippen molar-refractivity contribution in [1.29, 1.82) is 0 Å². The molecule has 0 radical (unpaired) electrons. The first kappa shape index (κ1) is 21.6. The second kappa shape index (κ2) is 9.17. The molecular weight excluding hydrogens is 388 g/mol. The number of methoxy groups -OCH3 is 2. The van der Waals surface area contributed by atoms with Crippen molar-refractivity contribution in [1.82, 2.24) is 9.55 Å². The van der Waals surface area contributed by atoms with Crippen LogP contribution in [0.4, 0.5) is 5.82 Å². The third-order valence-corrected chi connectivity index (χ3v) is 5.65. The Hall–Kier alpha value is -3.07. The monoisotopic (exact) mass is 417 g/mol. The minimum absolute atomic E-state index is 0.0525. The number of hydrogen-bond donors (Lipinski definition) is 3. The number of ether oxygens (including phenoxy) is 2. The SMILES string of the molecule is CCCn1c(N)c(C(=O)C[NH+]2CCC[C@@H]2c2ccc(OC)cc2OC)c(=O)[nH]c1=O. The van der Waals surface area contributed by atoms with E-state index in [1.807, 2.05) is 25.1 Å². The number of likely N-dealkylation sites (tertiary alicyclic amines) is 1. The van der Waals surface area contributed by atoms with E-state index in [-0.39, 0.29) is 29.8 Å². The number of carbonyl (C=O) groups excluding carboxylic acids is 1. The van der Waals surface area contributed by atoms with Gasteiger partial charge in [0.25, 0.3) is 5.56 Å². The van der Waals surface area contributed by atoms with Gasteiger partial charge in [-0.25, -0.2) is 4.79 Å². The Balaban J connectivity index is 1.90. The summed E-state index contributed by atoms with van der Waals surface area (Å²) >= 11 is 0. The summed E-state index contributed by atoms with van der Waals surface area (Å²) in [5, 5.41) is 0. The minimum Gasteiger partial charge on any atom is -0.497 e. The smallest absolute Gasteiger partial charge is 0.329 e. The van der Waals surface area contributed by atoms with Crippen LogP contribution >= 0.6 is 0 Å². The second-order valence-corrected chi connectivity index (χ2v) is 7.48. The molecule has 4 N–H and O–H groups in total. The normalized spacial score (nSPS) is 18.4. The molecule has 0 saturated carbocycles. The topological polar surface area (TPSA) is 121 Å². The van der Waals surface area contributed by atoms with Crippen LogP contribution in [0.25, 0.3) is 0 Å². The van der Waals surface area contributed by atoms with Crippen molar-refractivity contribution < 1.29 is 19.2 Å². The Labute approximate surface area is 174 Å². The maximum absolute atomic E-state index is 13.1. The summed E-state index contributed by atoms with van der Waals surface area (Å²) in [6, 6.07) is 5.72. The molecule has 2 heterocycles. The fourth-order valence-corrected chi connectivity index (χ4v) is 4.20. The second-order valence-electron chi connectivity index (χ2n) is 7.48. The first-order valence-corrected chi connectivity index (χ1v) is 10.1. The molecule has 1 aliphatic rings. The molecule has 30 heavy (non-hydrogen) atoms. The number of H-pyrrole nitrogens is 1. The lowest BCUT2D eigenvalue weighted by Crippen LogP contribution is -3.11. The molecule has 1 aromatic heterocycles. The Morgan fingerprint density at radius 2 is 2.07 bits per heavy atom. The van der Waals surface area contributed by atoms with Gasteiger partial charge in [-0.1, -0.05) is 6.92 Å². The Bertz CT molecular complexity index is 1040. The molecule has 9 heteroatoms. The molecule has 1 aliphatic heterocycles. The summed E-state index contributed by atoms with van der Waals surface area (Å²) in [4.78, 5) is 40.7. The van der Waals surface area contributed by atoms with Gasteiger partial charge < -0.3 is 20.1 Å². The number of aromatic nitrogens is 2. The van der Waals surface area contributed by atoms with Gasteiger partial charge in [0.15, 0.2) is 0 Å². The zero-order valence-electron chi connectivity index (χ0n) is 17.6. The highest BCUT2D eigenvalue weighted by Gasteiger charge is 2.35. The van der Waals surface area contributed by atoms with Gasteiger partial charge in [0.05, 0.1) is 26.3 Å². The van der Waals surface area contributed by atoms with Gasteiger partial charge in [0.2, 0.25) is 5.78 Å². The van der Waals surface area contributed by atoms with Crippen LogP contribution in [-0.2, 0) is 6.54 Å². The van der Waals surface area contributed by atoms with Crippen LogP contribution < -0.4 is 31.4 Å². The van der Waals surface area contributed by atoms with Crippen LogP contribution in [0.3, 0.4) is 0 Å². The highest BCUT2D eigenvalue weighted by Crippen LogP contribution is 2.31. The number of nitrogens with one attached hydrogen (secondary N) is 2. The van der Waals surface area contributed by atoms with Gasteiger partial charge in [0.1, 0.15) is 35.5 Å². The van der Waals surface area contributed by atoms with E-state index in [0.29, 0.717) is 24.5 Å². The molecule has 1 aromatic carbocycles. The number of ketones is 1. The third-order valence-electron chi connectivity index (χ3n) is 5.65. The van der Waals surface area contributed by atoms with E-state index in [0.717, 1.165) is 29.8 Å². The summed E-state index contributed by atoms with van der Waals surface area (Å²) in [6.45, 7) is 3.12. The average Bonchev–Trinajstić information content (AvgIpc) is 3.18. The van der Waals surface area contributed by atoms with Crippen molar-refractivity contribution in [3.8, 4) is 11.5 Å². The highest BCUT2D eigenvalue weighted by molar-refractivity contribution is 6.00. The van der Waals surface area contributed by atoms with E-state index in [2.05, 4.69) is 4.98 Å². The molecule has 0 amide bonds. The molecule has 0 aliphatic carbocycles. The fourth-order valence-electron chi connectivity index (χ4n) is 4.20. The molecule has 3 rings (SSSR count). The van der Waals surface area contributed by atoms with E-state index in [1.54, 1.807) is 14.2 Å². The van der Waals surface area contributed by atoms with Crippen molar-refractivity contribution in [3.63, 3.8) is 0 Å². The maximum Gasteiger partial charge on any atom is 0.329 e.